The Bertz CT molecular complexity index is 479. The first-order chi connectivity index (χ1) is 9.52. The molecule has 0 aliphatic heterocycles. The van der Waals surface area contributed by atoms with Gasteiger partial charge in [0, 0.05) is 19.0 Å². The molecule has 0 bridgehead atoms. The minimum absolute atomic E-state index is 0.0147. The van der Waals surface area contributed by atoms with Gasteiger partial charge in [-0.25, -0.2) is 4.79 Å². The largest absolute Gasteiger partial charge is 0.494 e. The fourth-order valence-electron chi connectivity index (χ4n) is 1.46. The summed E-state index contributed by atoms with van der Waals surface area (Å²) in [7, 11) is 0. The topological polar surface area (TPSA) is 87.7 Å². The number of benzene rings is 1. The van der Waals surface area contributed by atoms with Gasteiger partial charge in [-0.3, -0.25) is 4.79 Å². The molecule has 0 saturated heterocycles. The predicted molar refractivity (Wildman–Crippen MR) is 76.5 cm³/mol. The molecule has 0 spiro atoms. The van der Waals surface area contributed by atoms with E-state index in [0.29, 0.717) is 29.5 Å². The van der Waals surface area contributed by atoms with Crippen LogP contribution in [0.3, 0.4) is 0 Å². The van der Waals surface area contributed by atoms with E-state index in [1.165, 1.54) is 0 Å². The molecule has 0 saturated carbocycles. The van der Waals surface area contributed by atoms with Crippen molar-refractivity contribution in [1.82, 2.24) is 5.32 Å². The van der Waals surface area contributed by atoms with Crippen molar-refractivity contribution in [2.24, 2.45) is 0 Å². The van der Waals surface area contributed by atoms with E-state index in [4.69, 9.17) is 21.4 Å². The number of carbonyl (C=O) groups is 2. The van der Waals surface area contributed by atoms with Crippen LogP contribution in [0, 0.1) is 0 Å². The number of amides is 2. The average Bonchev–Trinajstić information content (AvgIpc) is 2.39. The highest BCUT2D eigenvalue weighted by Gasteiger charge is 2.07. The van der Waals surface area contributed by atoms with Crippen LogP contribution < -0.4 is 15.4 Å². The molecule has 20 heavy (non-hydrogen) atoms. The molecule has 1 rings (SSSR count). The SMILES string of the molecule is CCOc1ccc(Cl)c(NC(=O)NCCCC(=O)O)c1. The number of nitrogens with one attached hydrogen (secondary N) is 2. The van der Waals surface area contributed by atoms with Crippen LogP contribution in [0.1, 0.15) is 19.8 Å². The van der Waals surface area contributed by atoms with Gasteiger partial charge in [0.25, 0.3) is 0 Å². The Kier molecular flexibility index (Phi) is 6.66. The second-order valence-electron chi connectivity index (χ2n) is 3.95. The lowest BCUT2D eigenvalue weighted by atomic mass is 10.3. The second kappa shape index (κ2) is 8.27. The quantitative estimate of drug-likeness (QED) is 0.676. The highest BCUT2D eigenvalue weighted by atomic mass is 35.5. The first kappa shape index (κ1) is 16.1. The number of aliphatic carboxylic acids is 1. The van der Waals surface area contributed by atoms with Gasteiger partial charge in [-0.2, -0.15) is 0 Å². The van der Waals surface area contributed by atoms with E-state index in [2.05, 4.69) is 10.6 Å². The van der Waals surface area contributed by atoms with E-state index in [1.807, 2.05) is 6.92 Å². The maximum Gasteiger partial charge on any atom is 0.319 e. The molecule has 0 heterocycles. The van der Waals surface area contributed by atoms with Gasteiger partial charge in [0.1, 0.15) is 5.75 Å². The van der Waals surface area contributed by atoms with Gasteiger partial charge < -0.3 is 20.5 Å². The van der Waals surface area contributed by atoms with Crippen molar-refractivity contribution in [3.8, 4) is 5.75 Å². The number of anilines is 1. The zero-order valence-corrected chi connectivity index (χ0v) is 11.9. The summed E-state index contributed by atoms with van der Waals surface area (Å²) in [6, 6.07) is 4.53. The number of hydrogen-bond acceptors (Lipinski definition) is 3. The Morgan fingerprint density at radius 1 is 1.40 bits per heavy atom. The summed E-state index contributed by atoms with van der Waals surface area (Å²) in [5.74, 6) is -0.280. The van der Waals surface area contributed by atoms with Crippen molar-refractivity contribution < 1.29 is 19.4 Å². The van der Waals surface area contributed by atoms with Crippen molar-refractivity contribution in [1.29, 1.82) is 0 Å². The average molecular weight is 301 g/mol. The lowest BCUT2D eigenvalue weighted by Crippen LogP contribution is -2.29. The standard InChI is InChI=1S/C13H17ClN2O4/c1-2-20-9-5-6-10(14)11(8-9)16-13(19)15-7-3-4-12(17)18/h5-6,8H,2-4,7H2,1H3,(H,17,18)(H2,15,16,19). The Morgan fingerprint density at radius 3 is 2.80 bits per heavy atom. The summed E-state index contributed by atoms with van der Waals surface area (Å²) in [4.78, 5) is 21.9. The first-order valence-electron chi connectivity index (χ1n) is 6.22. The third-order valence-electron chi connectivity index (χ3n) is 2.35. The van der Waals surface area contributed by atoms with Crippen LogP contribution >= 0.6 is 11.6 Å². The summed E-state index contributed by atoms with van der Waals surface area (Å²) in [5, 5.41) is 14.0. The summed E-state index contributed by atoms with van der Waals surface area (Å²) in [6.07, 6.45) is 0.385. The van der Waals surface area contributed by atoms with Gasteiger partial charge in [-0.15, -0.1) is 0 Å². The van der Waals surface area contributed by atoms with E-state index in [9.17, 15) is 9.59 Å². The molecule has 2 amide bonds. The number of hydrogen-bond donors (Lipinski definition) is 3. The molecule has 3 N–H and O–H groups in total. The molecule has 110 valence electrons. The van der Waals surface area contributed by atoms with Crippen LogP contribution in [-0.2, 0) is 4.79 Å². The molecule has 0 aliphatic rings. The lowest BCUT2D eigenvalue weighted by molar-refractivity contribution is -0.137. The van der Waals surface area contributed by atoms with Crippen LogP contribution in [0.25, 0.3) is 0 Å². The molecule has 0 unspecified atom stereocenters. The Labute approximate surface area is 122 Å². The molecular formula is C13H17ClN2O4. The molecule has 1 aromatic rings. The second-order valence-corrected chi connectivity index (χ2v) is 4.36. The Morgan fingerprint density at radius 2 is 2.15 bits per heavy atom. The van der Waals surface area contributed by atoms with E-state index in [-0.39, 0.29) is 13.0 Å². The first-order valence-corrected chi connectivity index (χ1v) is 6.59. The minimum atomic E-state index is -0.889. The number of halogens is 1. The van der Waals surface area contributed by atoms with Crippen molar-refractivity contribution in [3.05, 3.63) is 23.2 Å². The van der Waals surface area contributed by atoms with Gasteiger partial charge in [0.15, 0.2) is 0 Å². The summed E-state index contributed by atoms with van der Waals surface area (Å²) in [6.45, 7) is 2.65. The van der Waals surface area contributed by atoms with Gasteiger partial charge in [-0.1, -0.05) is 11.6 Å². The normalized spacial score (nSPS) is 9.90. The van der Waals surface area contributed by atoms with Gasteiger partial charge in [0.05, 0.1) is 17.3 Å². The van der Waals surface area contributed by atoms with E-state index >= 15 is 0 Å². The fourth-order valence-corrected chi connectivity index (χ4v) is 1.63. The number of urea groups is 1. The highest BCUT2D eigenvalue weighted by molar-refractivity contribution is 6.33. The van der Waals surface area contributed by atoms with Gasteiger partial charge in [-0.05, 0) is 25.5 Å². The third kappa shape index (κ3) is 5.79. The van der Waals surface area contributed by atoms with Crippen LogP contribution in [0.2, 0.25) is 5.02 Å². The number of ether oxygens (including phenoxy) is 1. The number of carbonyl (C=O) groups excluding carboxylic acids is 1. The van der Waals surface area contributed by atoms with Crippen LogP contribution in [0.15, 0.2) is 18.2 Å². The zero-order chi connectivity index (χ0) is 15.0. The van der Waals surface area contributed by atoms with Crippen molar-refractivity contribution in [2.75, 3.05) is 18.5 Å². The Hall–Kier alpha value is -1.95. The highest BCUT2D eigenvalue weighted by Crippen LogP contribution is 2.26. The van der Waals surface area contributed by atoms with Crippen molar-refractivity contribution in [3.63, 3.8) is 0 Å². The van der Waals surface area contributed by atoms with E-state index in [0.717, 1.165) is 0 Å². The maximum atomic E-state index is 11.6. The number of carboxylic acid groups (broad SMARTS) is 1. The van der Waals surface area contributed by atoms with Crippen LogP contribution in [0.5, 0.6) is 5.75 Å². The summed E-state index contributed by atoms with van der Waals surface area (Å²) < 4.78 is 5.31. The fraction of sp³-hybridized carbons (Fsp3) is 0.385. The molecular weight excluding hydrogens is 284 g/mol. The molecule has 0 radical (unpaired) electrons. The van der Waals surface area contributed by atoms with Crippen molar-refractivity contribution >= 4 is 29.3 Å². The maximum absolute atomic E-state index is 11.6. The van der Waals surface area contributed by atoms with Gasteiger partial charge >= 0.3 is 12.0 Å². The molecule has 1 aromatic carbocycles. The third-order valence-corrected chi connectivity index (χ3v) is 2.68. The molecule has 0 fully saturated rings. The van der Waals surface area contributed by atoms with Crippen LogP contribution in [-0.4, -0.2) is 30.3 Å². The predicted octanol–water partition coefficient (Wildman–Crippen LogP) is 2.73. The van der Waals surface area contributed by atoms with Crippen molar-refractivity contribution in [2.45, 2.75) is 19.8 Å². The summed E-state index contributed by atoms with van der Waals surface area (Å²) in [5.41, 5.74) is 0.438. The zero-order valence-electron chi connectivity index (χ0n) is 11.1. The molecule has 0 atom stereocenters. The smallest absolute Gasteiger partial charge is 0.319 e. The van der Waals surface area contributed by atoms with E-state index < -0.39 is 12.0 Å². The van der Waals surface area contributed by atoms with E-state index in [1.54, 1.807) is 18.2 Å². The monoisotopic (exact) mass is 300 g/mol. The molecule has 7 heteroatoms. The number of carboxylic acids is 1. The Balaban J connectivity index is 2.48. The summed E-state index contributed by atoms with van der Waals surface area (Å²) >= 11 is 5.97. The van der Waals surface area contributed by atoms with Crippen LogP contribution in [0.4, 0.5) is 10.5 Å². The van der Waals surface area contributed by atoms with Gasteiger partial charge in [0.2, 0.25) is 0 Å². The minimum Gasteiger partial charge on any atom is -0.494 e. The number of rotatable bonds is 7. The molecule has 0 aromatic heterocycles. The molecule has 6 nitrogen and oxygen atoms in total. The molecule has 0 aliphatic carbocycles. The lowest BCUT2D eigenvalue weighted by Gasteiger charge is -2.10.